The molecule has 2 aromatic heterocycles. The number of hydrogen-bond acceptors (Lipinski definition) is 3. The Labute approximate surface area is 149 Å². The Balaban J connectivity index is 1.60. The number of aromatic nitrogens is 4. The molecule has 0 spiro atoms. The number of amides is 1. The van der Waals surface area contributed by atoms with E-state index in [4.69, 9.17) is 0 Å². The highest BCUT2D eigenvalue weighted by Crippen LogP contribution is 2.28. The van der Waals surface area contributed by atoms with Gasteiger partial charge >= 0.3 is 0 Å². The number of hydrogen-bond donors (Lipinski definition) is 1. The average Bonchev–Trinajstić information content (AvgIpc) is 3.14. The molecular formula is C19H29N5O. The van der Waals surface area contributed by atoms with Crippen molar-refractivity contribution in [2.24, 2.45) is 7.05 Å². The Hall–Kier alpha value is -2.11. The van der Waals surface area contributed by atoms with Gasteiger partial charge in [-0.3, -0.25) is 4.79 Å². The number of nitrogens with zero attached hydrogens (tertiary/aromatic N) is 4. The summed E-state index contributed by atoms with van der Waals surface area (Å²) < 4.78 is 4.19. The smallest absolute Gasteiger partial charge is 0.271 e. The molecule has 3 rings (SSSR count). The molecule has 1 fully saturated rings. The molecule has 1 N–H and O–H groups in total. The van der Waals surface area contributed by atoms with Crippen LogP contribution in [0.3, 0.4) is 0 Å². The Morgan fingerprint density at radius 1 is 1.20 bits per heavy atom. The minimum atomic E-state index is -0.124. The van der Waals surface area contributed by atoms with Gasteiger partial charge in [0.2, 0.25) is 0 Å². The van der Waals surface area contributed by atoms with Gasteiger partial charge in [-0.25, -0.2) is 9.97 Å². The summed E-state index contributed by atoms with van der Waals surface area (Å²) in [5.74, 6) is 0.964. The fourth-order valence-corrected chi connectivity index (χ4v) is 3.78. The zero-order valence-corrected chi connectivity index (χ0v) is 15.4. The first kappa shape index (κ1) is 17.7. The minimum Gasteiger partial charge on any atom is -0.350 e. The molecule has 1 saturated carbocycles. The third-order valence-electron chi connectivity index (χ3n) is 5.07. The maximum atomic E-state index is 12.1. The summed E-state index contributed by atoms with van der Waals surface area (Å²) in [7, 11) is 1.86. The summed E-state index contributed by atoms with van der Waals surface area (Å²) in [6, 6.07) is 0.560. The molecule has 0 saturated heterocycles. The van der Waals surface area contributed by atoms with Gasteiger partial charge in [0.25, 0.3) is 5.91 Å². The Morgan fingerprint density at radius 2 is 1.92 bits per heavy atom. The van der Waals surface area contributed by atoms with E-state index in [0.717, 1.165) is 12.2 Å². The van der Waals surface area contributed by atoms with Crippen LogP contribution in [0.1, 0.15) is 73.0 Å². The molecule has 0 radical (unpaired) electrons. The lowest BCUT2D eigenvalue weighted by Crippen LogP contribution is -2.27. The lowest BCUT2D eigenvalue weighted by atomic mass is 9.96. The van der Waals surface area contributed by atoms with E-state index >= 15 is 0 Å². The van der Waals surface area contributed by atoms with Gasteiger partial charge in [0.05, 0.1) is 6.33 Å². The van der Waals surface area contributed by atoms with Crippen molar-refractivity contribution in [1.29, 1.82) is 0 Å². The van der Waals surface area contributed by atoms with Crippen LogP contribution >= 0.6 is 0 Å². The Kier molecular flexibility index (Phi) is 5.89. The fraction of sp³-hybridized carbons (Fsp3) is 0.632. The molecule has 0 atom stereocenters. The van der Waals surface area contributed by atoms with Crippen molar-refractivity contribution >= 4 is 5.91 Å². The molecule has 0 bridgehead atoms. The summed E-state index contributed by atoms with van der Waals surface area (Å²) in [4.78, 5) is 20.8. The largest absolute Gasteiger partial charge is 0.350 e. The molecule has 0 aliphatic heterocycles. The van der Waals surface area contributed by atoms with Crippen LogP contribution in [-0.2, 0) is 13.5 Å². The number of rotatable bonds is 5. The predicted octanol–water partition coefficient (Wildman–Crippen LogP) is 3.18. The third kappa shape index (κ3) is 4.50. The summed E-state index contributed by atoms with van der Waals surface area (Å²) in [6.07, 6.45) is 15.2. The molecule has 6 heteroatoms. The van der Waals surface area contributed by atoms with Gasteiger partial charge in [-0.1, -0.05) is 32.1 Å². The first-order valence-corrected chi connectivity index (χ1v) is 9.44. The van der Waals surface area contributed by atoms with E-state index in [2.05, 4.69) is 26.8 Å². The molecule has 2 heterocycles. The third-order valence-corrected chi connectivity index (χ3v) is 5.07. The topological polar surface area (TPSA) is 64.7 Å². The number of nitrogens with one attached hydrogen (secondary N) is 1. The van der Waals surface area contributed by atoms with Crippen molar-refractivity contribution < 1.29 is 4.79 Å². The van der Waals surface area contributed by atoms with Crippen LogP contribution < -0.4 is 5.32 Å². The van der Waals surface area contributed by atoms with E-state index < -0.39 is 0 Å². The summed E-state index contributed by atoms with van der Waals surface area (Å²) in [5, 5.41) is 2.95. The van der Waals surface area contributed by atoms with E-state index in [1.807, 2.05) is 13.2 Å². The van der Waals surface area contributed by atoms with Crippen LogP contribution in [0.4, 0.5) is 0 Å². The molecule has 2 aromatic rings. The van der Waals surface area contributed by atoms with Gasteiger partial charge in [-0.05, 0) is 19.8 Å². The van der Waals surface area contributed by atoms with Crippen molar-refractivity contribution in [1.82, 2.24) is 24.4 Å². The van der Waals surface area contributed by atoms with E-state index in [0.29, 0.717) is 18.3 Å². The highest BCUT2D eigenvalue weighted by molar-refractivity contribution is 5.91. The van der Waals surface area contributed by atoms with Gasteiger partial charge in [0.1, 0.15) is 11.5 Å². The van der Waals surface area contributed by atoms with E-state index in [1.54, 1.807) is 17.1 Å². The zero-order valence-electron chi connectivity index (χ0n) is 15.4. The number of imidazole rings is 2. The Morgan fingerprint density at radius 3 is 2.60 bits per heavy atom. The lowest BCUT2D eigenvalue weighted by Gasteiger charge is -2.24. The van der Waals surface area contributed by atoms with Gasteiger partial charge in [-0.2, -0.15) is 0 Å². The van der Waals surface area contributed by atoms with Crippen LogP contribution in [0.5, 0.6) is 0 Å². The normalized spacial score (nSPS) is 16.4. The van der Waals surface area contributed by atoms with E-state index in [9.17, 15) is 4.79 Å². The molecule has 1 aliphatic rings. The van der Waals surface area contributed by atoms with Crippen molar-refractivity contribution in [3.63, 3.8) is 0 Å². The fourth-order valence-electron chi connectivity index (χ4n) is 3.78. The van der Waals surface area contributed by atoms with Gasteiger partial charge in [0, 0.05) is 44.1 Å². The van der Waals surface area contributed by atoms with Gasteiger partial charge in [-0.15, -0.1) is 0 Å². The zero-order chi connectivity index (χ0) is 17.6. The van der Waals surface area contributed by atoms with Crippen LogP contribution in [-0.4, -0.2) is 31.6 Å². The number of carbonyl (C=O) groups excluding carboxylic acids is 1. The van der Waals surface area contributed by atoms with Crippen molar-refractivity contribution in [2.45, 2.75) is 64.3 Å². The van der Waals surface area contributed by atoms with E-state index in [-0.39, 0.29) is 5.91 Å². The van der Waals surface area contributed by atoms with Crippen LogP contribution in [0.15, 0.2) is 18.7 Å². The molecule has 1 aliphatic carbocycles. The first-order valence-electron chi connectivity index (χ1n) is 9.44. The second kappa shape index (κ2) is 8.32. The second-order valence-corrected chi connectivity index (χ2v) is 7.12. The minimum absolute atomic E-state index is 0.124. The van der Waals surface area contributed by atoms with E-state index in [1.165, 1.54) is 50.6 Å². The predicted molar refractivity (Wildman–Crippen MR) is 97.6 cm³/mol. The second-order valence-electron chi connectivity index (χ2n) is 7.12. The highest BCUT2D eigenvalue weighted by atomic mass is 16.1. The standard InChI is InChI=1S/C19H29N5O/c1-15-12-21-18(24(15)16-8-6-4-3-5-7-9-16)10-11-20-19(25)17-13-23(2)14-22-17/h12-14,16H,3-11H2,1-2H3,(H,20,25). The van der Waals surface area contributed by atoms with Crippen LogP contribution in [0, 0.1) is 6.92 Å². The molecule has 6 nitrogen and oxygen atoms in total. The molecule has 1 amide bonds. The molecular weight excluding hydrogens is 314 g/mol. The van der Waals surface area contributed by atoms with Crippen LogP contribution in [0.25, 0.3) is 0 Å². The summed E-state index contributed by atoms with van der Waals surface area (Å²) in [6.45, 7) is 2.72. The summed E-state index contributed by atoms with van der Waals surface area (Å²) in [5.41, 5.74) is 1.69. The van der Waals surface area contributed by atoms with Gasteiger partial charge < -0.3 is 14.5 Å². The number of aryl methyl sites for hydroxylation is 2. The molecule has 0 aromatic carbocycles. The quantitative estimate of drug-likeness (QED) is 0.907. The molecule has 0 unspecified atom stereocenters. The van der Waals surface area contributed by atoms with Crippen LogP contribution in [0.2, 0.25) is 0 Å². The monoisotopic (exact) mass is 343 g/mol. The van der Waals surface area contributed by atoms with Crippen molar-refractivity contribution in [2.75, 3.05) is 6.54 Å². The molecule has 25 heavy (non-hydrogen) atoms. The Bertz CT molecular complexity index is 694. The van der Waals surface area contributed by atoms with Crippen molar-refractivity contribution in [3.8, 4) is 0 Å². The van der Waals surface area contributed by atoms with Gasteiger partial charge in [0.15, 0.2) is 0 Å². The summed E-state index contributed by atoms with van der Waals surface area (Å²) >= 11 is 0. The highest BCUT2D eigenvalue weighted by Gasteiger charge is 2.18. The maximum Gasteiger partial charge on any atom is 0.271 e. The SMILES string of the molecule is Cc1cnc(CCNC(=O)c2cn(C)cn2)n1C1CCCCCCC1. The average molecular weight is 343 g/mol. The maximum absolute atomic E-state index is 12.1. The molecule has 136 valence electrons. The van der Waals surface area contributed by atoms with Crippen molar-refractivity contribution in [3.05, 3.63) is 35.9 Å². The lowest BCUT2D eigenvalue weighted by molar-refractivity contribution is 0.0949. The number of carbonyl (C=O) groups is 1. The first-order chi connectivity index (χ1) is 12.1.